The second-order valence-corrected chi connectivity index (χ2v) is 14.9. The number of hydrogen-bond donors (Lipinski definition) is 2. The van der Waals surface area contributed by atoms with E-state index in [9.17, 15) is 24.6 Å². The largest absolute Gasteiger partial charge is 0.550 e. The summed E-state index contributed by atoms with van der Waals surface area (Å²) < 4.78 is 0. The number of amides is 2. The van der Waals surface area contributed by atoms with Crippen LogP contribution in [0.4, 0.5) is 0 Å². The molecule has 2 aliphatic heterocycles. The average molecular weight is 620 g/mol. The second-order valence-electron chi connectivity index (χ2n) is 14.9. The lowest BCUT2D eigenvalue weighted by Gasteiger charge is -2.28. The van der Waals surface area contributed by atoms with Crippen LogP contribution >= 0.6 is 0 Å². The fraction of sp³-hybridized carbons (Fsp3) is 0.556. The van der Waals surface area contributed by atoms with Crippen LogP contribution in [0, 0.1) is 17.3 Å². The number of nitrogens with zero attached hydrogens (tertiary/aromatic N) is 3. The Kier molecular flexibility index (Phi) is 10.9. The molecule has 2 aromatic carbocycles. The zero-order valence-corrected chi connectivity index (χ0v) is 28.4. The van der Waals surface area contributed by atoms with E-state index in [-0.39, 0.29) is 35.7 Å². The van der Waals surface area contributed by atoms with Crippen LogP contribution in [0.15, 0.2) is 53.5 Å². The molecule has 0 aromatic heterocycles. The molecule has 1 saturated heterocycles. The highest BCUT2D eigenvalue weighted by Gasteiger charge is 2.48. The summed E-state index contributed by atoms with van der Waals surface area (Å²) in [5.74, 6) is -0.579. The Labute approximate surface area is 268 Å². The number of nitrogens with two attached hydrogens (primary N) is 1. The Morgan fingerprint density at radius 2 is 1.67 bits per heavy atom. The van der Waals surface area contributed by atoms with Gasteiger partial charge in [0.05, 0.1) is 12.6 Å². The van der Waals surface area contributed by atoms with E-state index in [0.29, 0.717) is 31.0 Å². The minimum Gasteiger partial charge on any atom is -0.550 e. The van der Waals surface area contributed by atoms with Crippen molar-refractivity contribution in [3.63, 3.8) is 0 Å². The van der Waals surface area contributed by atoms with E-state index in [2.05, 4.69) is 34.6 Å². The minimum atomic E-state index is -1.04. The SMILES string of the molecule is CC(C)(C)C(=O)[O-].CC(C)CC[C@]1(c2ccccc2)N=C(N)N(Cc2ccc(C(C)(C)C)c(C(=O)N3CC(C)C(O)C3)c2)C1=O. The van der Waals surface area contributed by atoms with Gasteiger partial charge in [0.1, 0.15) is 0 Å². The Morgan fingerprint density at radius 3 is 2.16 bits per heavy atom. The zero-order valence-electron chi connectivity index (χ0n) is 28.4. The number of aliphatic carboxylic acids is 1. The van der Waals surface area contributed by atoms with Gasteiger partial charge in [0.15, 0.2) is 11.5 Å². The van der Waals surface area contributed by atoms with Crippen molar-refractivity contribution in [2.45, 2.75) is 98.8 Å². The Bertz CT molecular complexity index is 1400. The van der Waals surface area contributed by atoms with E-state index in [1.165, 1.54) is 0 Å². The number of rotatable bonds is 7. The molecule has 9 heteroatoms. The third kappa shape index (κ3) is 8.31. The van der Waals surface area contributed by atoms with Crippen molar-refractivity contribution in [1.29, 1.82) is 0 Å². The molecule has 0 bridgehead atoms. The van der Waals surface area contributed by atoms with Crippen LogP contribution in [-0.4, -0.2) is 57.8 Å². The first kappa shape index (κ1) is 35.8. The first-order chi connectivity index (χ1) is 20.8. The first-order valence-electron chi connectivity index (χ1n) is 15.8. The third-order valence-electron chi connectivity index (χ3n) is 8.45. The molecule has 2 amide bonds. The van der Waals surface area contributed by atoms with Crippen molar-refractivity contribution < 1.29 is 24.6 Å². The molecule has 2 unspecified atom stereocenters. The molecule has 0 spiro atoms. The van der Waals surface area contributed by atoms with Crippen LogP contribution in [0.25, 0.3) is 0 Å². The van der Waals surface area contributed by atoms with Gasteiger partial charge < -0.3 is 25.6 Å². The minimum absolute atomic E-state index is 0.0374. The Balaban J connectivity index is 0.000000707. The maximum absolute atomic E-state index is 14.0. The summed E-state index contributed by atoms with van der Waals surface area (Å²) in [4.78, 5) is 45.6. The van der Waals surface area contributed by atoms with Crippen molar-refractivity contribution >= 4 is 23.7 Å². The fourth-order valence-electron chi connectivity index (χ4n) is 5.48. The van der Waals surface area contributed by atoms with Crippen LogP contribution in [0.3, 0.4) is 0 Å². The van der Waals surface area contributed by atoms with Gasteiger partial charge in [-0.3, -0.25) is 14.5 Å². The summed E-state index contributed by atoms with van der Waals surface area (Å²) >= 11 is 0. The summed E-state index contributed by atoms with van der Waals surface area (Å²) in [6.45, 7) is 18.4. The van der Waals surface area contributed by atoms with Gasteiger partial charge in [-0.25, -0.2) is 4.99 Å². The van der Waals surface area contributed by atoms with Crippen LogP contribution in [0.1, 0.15) is 102 Å². The number of carbonyl (C=O) groups is 3. The molecule has 2 aliphatic rings. The van der Waals surface area contributed by atoms with Crippen molar-refractivity contribution in [2.75, 3.05) is 13.1 Å². The topological polar surface area (TPSA) is 139 Å². The van der Waals surface area contributed by atoms with E-state index in [1.807, 2.05) is 55.5 Å². The molecule has 2 aromatic rings. The molecule has 3 N–H and O–H groups in total. The molecule has 0 saturated carbocycles. The summed E-state index contributed by atoms with van der Waals surface area (Å²) in [7, 11) is 0. The highest BCUT2D eigenvalue weighted by atomic mass is 16.4. The predicted octanol–water partition coefficient (Wildman–Crippen LogP) is 4.21. The third-order valence-corrected chi connectivity index (χ3v) is 8.45. The first-order valence-corrected chi connectivity index (χ1v) is 15.8. The molecular weight excluding hydrogens is 568 g/mol. The molecule has 246 valence electrons. The Morgan fingerprint density at radius 1 is 1.07 bits per heavy atom. The fourth-order valence-corrected chi connectivity index (χ4v) is 5.48. The highest BCUT2D eigenvalue weighted by molar-refractivity contribution is 6.07. The monoisotopic (exact) mass is 619 g/mol. The lowest BCUT2D eigenvalue weighted by molar-refractivity contribution is -0.316. The maximum atomic E-state index is 14.0. The number of β-amino-alcohol motifs (C(OH)–C–C–N with tert-alkyl or cyclic N) is 1. The summed E-state index contributed by atoms with van der Waals surface area (Å²) in [5, 5.41) is 20.2. The van der Waals surface area contributed by atoms with E-state index >= 15 is 0 Å². The van der Waals surface area contributed by atoms with Crippen LogP contribution in [-0.2, 0) is 27.1 Å². The van der Waals surface area contributed by atoms with Gasteiger partial charge in [-0.1, -0.05) is 105 Å². The molecule has 45 heavy (non-hydrogen) atoms. The number of likely N-dealkylation sites (tertiary alicyclic amines) is 1. The molecule has 2 heterocycles. The van der Waals surface area contributed by atoms with Crippen molar-refractivity contribution in [3.05, 3.63) is 70.8 Å². The number of guanidine groups is 1. The Hall–Kier alpha value is -3.72. The van der Waals surface area contributed by atoms with E-state index < -0.39 is 23.0 Å². The quantitative estimate of drug-likeness (QED) is 0.476. The smallest absolute Gasteiger partial charge is 0.262 e. The molecule has 1 fully saturated rings. The number of hydrogen-bond acceptors (Lipinski definition) is 7. The number of aliphatic hydroxyl groups is 1. The number of carbonyl (C=O) groups excluding carboxylic acids is 3. The van der Waals surface area contributed by atoms with Gasteiger partial charge in [-0.2, -0.15) is 0 Å². The van der Waals surface area contributed by atoms with Gasteiger partial charge in [0.25, 0.3) is 11.8 Å². The standard InChI is InChI=1S/C31H42N4O3.C5H10O2/c1-20(2)14-15-31(23-10-8-7-9-11-23)28(38)35(29(32)33-31)18-22-12-13-25(30(4,5)6)24(16-22)27(37)34-17-21(3)26(36)19-34;1-5(2,3)4(6)7/h7-13,16,20-21,26,36H,14-15,17-19H2,1-6H3,(H2,32,33);1-3H3,(H,6,7)/p-1/t21?,26?,31-;/m1./s1. The molecule has 0 radical (unpaired) electrons. The predicted molar refractivity (Wildman–Crippen MR) is 175 cm³/mol. The van der Waals surface area contributed by atoms with Gasteiger partial charge in [-0.15, -0.1) is 0 Å². The van der Waals surface area contributed by atoms with Crippen molar-refractivity contribution in [3.8, 4) is 0 Å². The molecule has 0 aliphatic carbocycles. The van der Waals surface area contributed by atoms with Crippen LogP contribution in [0.2, 0.25) is 0 Å². The normalized spacial score (nSPS) is 21.9. The summed E-state index contributed by atoms with van der Waals surface area (Å²) in [6.07, 6.45) is 0.896. The van der Waals surface area contributed by atoms with Gasteiger partial charge in [-0.05, 0) is 46.9 Å². The number of aliphatic imine (C=N–C) groups is 1. The number of aliphatic hydroxyl groups excluding tert-OH is 1. The number of benzene rings is 2. The van der Waals surface area contributed by atoms with Crippen LogP contribution < -0.4 is 10.8 Å². The maximum Gasteiger partial charge on any atom is 0.262 e. The molecule has 9 nitrogen and oxygen atoms in total. The zero-order chi connectivity index (χ0) is 33.9. The molecule has 3 atom stereocenters. The molecule has 4 rings (SSSR count). The van der Waals surface area contributed by atoms with Crippen molar-refractivity contribution in [2.24, 2.45) is 28.0 Å². The van der Waals surface area contributed by atoms with E-state index in [4.69, 9.17) is 10.7 Å². The van der Waals surface area contributed by atoms with Crippen LogP contribution in [0.5, 0.6) is 0 Å². The highest BCUT2D eigenvalue weighted by Crippen LogP contribution is 2.39. The van der Waals surface area contributed by atoms with E-state index in [0.717, 1.165) is 23.1 Å². The lowest BCUT2D eigenvalue weighted by Crippen LogP contribution is -2.42. The lowest BCUT2D eigenvalue weighted by atomic mass is 9.82. The number of carboxylic acid groups (broad SMARTS) is 1. The second kappa shape index (κ2) is 13.7. The van der Waals surface area contributed by atoms with Gasteiger partial charge >= 0.3 is 0 Å². The number of carboxylic acids is 1. The van der Waals surface area contributed by atoms with E-state index in [1.54, 1.807) is 30.6 Å². The molecular formula is C36H51N4O5-. The van der Waals surface area contributed by atoms with Gasteiger partial charge in [0, 0.05) is 36.0 Å². The summed E-state index contributed by atoms with van der Waals surface area (Å²) in [6, 6.07) is 15.5. The van der Waals surface area contributed by atoms with Gasteiger partial charge in [0.2, 0.25) is 0 Å². The van der Waals surface area contributed by atoms with Crippen molar-refractivity contribution in [1.82, 2.24) is 9.80 Å². The summed E-state index contributed by atoms with van der Waals surface area (Å²) in [5.41, 5.74) is 7.63. The average Bonchev–Trinajstić information content (AvgIpc) is 3.41.